The number of hydrogen-bond acceptors (Lipinski definition) is 5. The first-order valence-corrected chi connectivity index (χ1v) is 8.99. The summed E-state index contributed by atoms with van der Waals surface area (Å²) >= 11 is 0. The SMILES string of the molecule is C[C@H](N[C@@H]1[C@H]2CCO[C@H]2C12CCC2)c1ccc(-n2cnnn2)cc1. The lowest BCUT2D eigenvalue weighted by Gasteiger charge is -2.64. The Labute approximate surface area is 141 Å². The van der Waals surface area contributed by atoms with Crippen LogP contribution in [0.15, 0.2) is 30.6 Å². The number of hydrogen-bond donors (Lipinski definition) is 1. The molecule has 3 aliphatic rings. The molecular formula is C18H23N5O. The molecule has 1 N–H and O–H groups in total. The summed E-state index contributed by atoms with van der Waals surface area (Å²) in [7, 11) is 0. The van der Waals surface area contributed by atoms with Crippen LogP contribution in [0.25, 0.3) is 5.69 Å². The highest BCUT2D eigenvalue weighted by Gasteiger charge is 2.66. The van der Waals surface area contributed by atoms with Crippen molar-refractivity contribution in [3.63, 3.8) is 0 Å². The van der Waals surface area contributed by atoms with E-state index in [9.17, 15) is 0 Å². The lowest BCUT2D eigenvalue weighted by molar-refractivity contribution is -0.178. The van der Waals surface area contributed by atoms with Crippen molar-refractivity contribution < 1.29 is 4.74 Å². The number of rotatable bonds is 4. The molecule has 2 aromatic rings. The fourth-order valence-electron chi connectivity index (χ4n) is 5.06. The maximum Gasteiger partial charge on any atom is 0.143 e. The van der Waals surface area contributed by atoms with Gasteiger partial charge in [-0.2, -0.15) is 0 Å². The van der Waals surface area contributed by atoms with Crippen LogP contribution in [0.5, 0.6) is 0 Å². The van der Waals surface area contributed by atoms with Crippen molar-refractivity contribution >= 4 is 0 Å². The number of nitrogens with one attached hydrogen (secondary N) is 1. The first-order valence-electron chi connectivity index (χ1n) is 8.99. The van der Waals surface area contributed by atoms with Crippen LogP contribution in [0.3, 0.4) is 0 Å². The average molecular weight is 325 g/mol. The second-order valence-electron chi connectivity index (χ2n) is 7.54. The molecule has 6 nitrogen and oxygen atoms in total. The van der Waals surface area contributed by atoms with Crippen molar-refractivity contribution in [3.8, 4) is 5.69 Å². The summed E-state index contributed by atoms with van der Waals surface area (Å²) in [4.78, 5) is 0. The zero-order valence-electron chi connectivity index (χ0n) is 13.9. The van der Waals surface area contributed by atoms with Crippen LogP contribution in [0.2, 0.25) is 0 Å². The molecule has 4 atom stereocenters. The summed E-state index contributed by atoms with van der Waals surface area (Å²) in [6.07, 6.45) is 7.38. The van der Waals surface area contributed by atoms with Crippen molar-refractivity contribution in [2.24, 2.45) is 11.3 Å². The molecule has 2 heterocycles. The van der Waals surface area contributed by atoms with Crippen LogP contribution < -0.4 is 5.32 Å². The van der Waals surface area contributed by atoms with Gasteiger partial charge in [-0.15, -0.1) is 5.10 Å². The van der Waals surface area contributed by atoms with Crippen molar-refractivity contribution in [2.75, 3.05) is 6.61 Å². The van der Waals surface area contributed by atoms with E-state index in [2.05, 4.69) is 52.0 Å². The Bertz CT molecular complexity index is 710. The zero-order valence-corrected chi connectivity index (χ0v) is 13.9. The van der Waals surface area contributed by atoms with Gasteiger partial charge in [-0.1, -0.05) is 18.6 Å². The number of ether oxygens (including phenoxy) is 1. The minimum atomic E-state index is 0.344. The summed E-state index contributed by atoms with van der Waals surface area (Å²) in [6.45, 7) is 3.21. The molecule has 0 bridgehead atoms. The monoisotopic (exact) mass is 325 g/mol. The van der Waals surface area contributed by atoms with Gasteiger partial charge in [-0.3, -0.25) is 0 Å². The predicted octanol–water partition coefficient (Wildman–Crippen LogP) is 2.27. The van der Waals surface area contributed by atoms with Gasteiger partial charge in [-0.05, 0) is 54.3 Å². The van der Waals surface area contributed by atoms with Gasteiger partial charge in [0.25, 0.3) is 0 Å². The zero-order chi connectivity index (χ0) is 16.1. The summed E-state index contributed by atoms with van der Waals surface area (Å²) < 4.78 is 7.70. The molecule has 2 aliphatic carbocycles. The van der Waals surface area contributed by atoms with Gasteiger partial charge in [0.1, 0.15) is 6.33 Å². The van der Waals surface area contributed by atoms with Crippen molar-refractivity contribution in [2.45, 2.75) is 50.8 Å². The molecule has 1 aromatic carbocycles. The summed E-state index contributed by atoms with van der Waals surface area (Å²) in [6, 6.07) is 9.45. The highest BCUT2D eigenvalue weighted by atomic mass is 16.5. The van der Waals surface area contributed by atoms with Gasteiger partial charge in [-0.25, -0.2) is 4.68 Å². The normalized spacial score (nSPS) is 31.3. The molecule has 0 amide bonds. The summed E-state index contributed by atoms with van der Waals surface area (Å²) in [5, 5.41) is 15.2. The fourth-order valence-corrected chi connectivity index (χ4v) is 5.06. The Hall–Kier alpha value is -1.79. The number of tetrazole rings is 1. The highest BCUT2D eigenvalue weighted by Crippen LogP contribution is 2.63. The Kier molecular flexibility index (Phi) is 3.25. The molecule has 0 radical (unpaired) electrons. The molecular weight excluding hydrogens is 302 g/mol. The topological polar surface area (TPSA) is 64.9 Å². The standard InChI is InChI=1S/C18H23N5O/c1-12(13-3-5-14(6-4-13)23-11-19-21-22-23)20-16-15-7-10-24-17(15)18(16)8-2-9-18/h3-6,11-12,15-17,20H,2,7-10H2,1H3/t12-,15+,16+,17+/m0/s1. The van der Waals surface area contributed by atoms with Gasteiger partial charge < -0.3 is 10.1 Å². The van der Waals surface area contributed by atoms with Crippen LogP contribution in [-0.4, -0.2) is 39.0 Å². The van der Waals surface area contributed by atoms with Gasteiger partial charge >= 0.3 is 0 Å². The van der Waals surface area contributed by atoms with E-state index in [1.165, 1.54) is 31.2 Å². The van der Waals surface area contributed by atoms with Crippen molar-refractivity contribution in [3.05, 3.63) is 36.2 Å². The minimum absolute atomic E-state index is 0.344. The van der Waals surface area contributed by atoms with Gasteiger partial charge in [0.05, 0.1) is 11.8 Å². The Morgan fingerprint density at radius 2 is 2.12 bits per heavy atom. The quantitative estimate of drug-likeness (QED) is 0.934. The maximum absolute atomic E-state index is 6.02. The molecule has 3 fully saturated rings. The molecule has 1 saturated heterocycles. The van der Waals surface area contributed by atoms with E-state index in [1.807, 2.05) is 0 Å². The molecule has 1 aliphatic heterocycles. The first-order chi connectivity index (χ1) is 11.8. The van der Waals surface area contributed by atoms with Gasteiger partial charge in [0, 0.05) is 30.0 Å². The average Bonchev–Trinajstić information content (AvgIpc) is 3.22. The predicted molar refractivity (Wildman–Crippen MR) is 88.6 cm³/mol. The second-order valence-corrected chi connectivity index (χ2v) is 7.54. The molecule has 1 aromatic heterocycles. The third-order valence-corrected chi connectivity index (χ3v) is 6.47. The Morgan fingerprint density at radius 3 is 2.79 bits per heavy atom. The molecule has 126 valence electrons. The summed E-state index contributed by atoms with van der Waals surface area (Å²) in [5.41, 5.74) is 2.73. The van der Waals surface area contributed by atoms with Crippen LogP contribution in [-0.2, 0) is 4.74 Å². The first kappa shape index (κ1) is 14.5. The number of fused-ring (bicyclic) bond motifs is 2. The molecule has 1 spiro atoms. The Morgan fingerprint density at radius 1 is 1.29 bits per heavy atom. The van der Waals surface area contributed by atoms with E-state index >= 15 is 0 Å². The highest BCUT2D eigenvalue weighted by molar-refractivity contribution is 5.34. The van der Waals surface area contributed by atoms with Crippen molar-refractivity contribution in [1.29, 1.82) is 0 Å². The molecule has 6 heteroatoms. The van der Waals surface area contributed by atoms with Crippen LogP contribution in [0, 0.1) is 11.3 Å². The van der Waals surface area contributed by atoms with Crippen LogP contribution >= 0.6 is 0 Å². The van der Waals surface area contributed by atoms with E-state index in [4.69, 9.17) is 4.74 Å². The number of nitrogens with zero attached hydrogens (tertiary/aromatic N) is 4. The molecule has 24 heavy (non-hydrogen) atoms. The third kappa shape index (κ3) is 1.99. The lowest BCUT2D eigenvalue weighted by Crippen LogP contribution is -2.71. The largest absolute Gasteiger partial charge is 0.377 e. The van der Waals surface area contributed by atoms with Gasteiger partial charge in [0.2, 0.25) is 0 Å². The molecule has 5 rings (SSSR count). The number of benzene rings is 1. The van der Waals surface area contributed by atoms with Crippen LogP contribution in [0.4, 0.5) is 0 Å². The van der Waals surface area contributed by atoms with Crippen molar-refractivity contribution in [1.82, 2.24) is 25.5 Å². The van der Waals surface area contributed by atoms with E-state index < -0.39 is 0 Å². The smallest absolute Gasteiger partial charge is 0.143 e. The molecule has 0 unspecified atom stereocenters. The third-order valence-electron chi connectivity index (χ3n) is 6.47. The lowest BCUT2D eigenvalue weighted by atomic mass is 9.46. The fraction of sp³-hybridized carbons (Fsp3) is 0.611. The van der Waals surface area contributed by atoms with Gasteiger partial charge in [0.15, 0.2) is 0 Å². The minimum Gasteiger partial charge on any atom is -0.377 e. The van der Waals surface area contributed by atoms with E-state index in [0.717, 1.165) is 12.3 Å². The van der Waals surface area contributed by atoms with E-state index in [-0.39, 0.29) is 0 Å². The van der Waals surface area contributed by atoms with Crippen LogP contribution in [0.1, 0.15) is 44.2 Å². The van der Waals surface area contributed by atoms with E-state index in [0.29, 0.717) is 29.5 Å². The number of aromatic nitrogens is 4. The summed E-state index contributed by atoms with van der Waals surface area (Å²) in [5.74, 6) is 0.716. The second kappa shape index (κ2) is 5.36. The maximum atomic E-state index is 6.02. The van der Waals surface area contributed by atoms with E-state index in [1.54, 1.807) is 11.0 Å². The Balaban J connectivity index is 1.31. The molecule has 2 saturated carbocycles.